The second-order valence-electron chi connectivity index (χ2n) is 17.2. The molecule has 3 nitrogen and oxygen atoms in total. The van der Waals surface area contributed by atoms with Crippen LogP contribution in [0.25, 0.3) is 110 Å². The zero-order chi connectivity index (χ0) is 44.3. The van der Waals surface area contributed by atoms with E-state index in [1.807, 2.05) is 24.3 Å². The third kappa shape index (κ3) is 6.59. The molecule has 0 bridgehead atoms. The van der Waals surface area contributed by atoms with E-state index < -0.39 is 0 Å². The predicted molar refractivity (Wildman–Crippen MR) is 280 cm³/mol. The summed E-state index contributed by atoms with van der Waals surface area (Å²) in [7, 11) is 0. The Bertz CT molecular complexity index is 3830. The number of nitrogens with zero attached hydrogens (tertiary/aromatic N) is 1. The van der Waals surface area contributed by atoms with Gasteiger partial charge in [0.2, 0.25) is 0 Å². The van der Waals surface area contributed by atoms with Crippen molar-refractivity contribution in [1.82, 2.24) is 0 Å². The fraction of sp³-hybridized carbons (Fsp3) is 0. The highest BCUT2D eigenvalue weighted by Crippen LogP contribution is 2.52. The van der Waals surface area contributed by atoms with Crippen LogP contribution in [0.4, 0.5) is 17.1 Å². The smallest absolute Gasteiger partial charge is 0.137 e. The van der Waals surface area contributed by atoms with Gasteiger partial charge in [-0.2, -0.15) is 0 Å². The summed E-state index contributed by atoms with van der Waals surface area (Å²) >= 11 is 0. The van der Waals surface area contributed by atoms with Gasteiger partial charge in [0, 0.05) is 50.7 Å². The largest absolute Gasteiger partial charge is 0.456 e. The van der Waals surface area contributed by atoms with Crippen LogP contribution in [0.5, 0.6) is 0 Å². The van der Waals surface area contributed by atoms with Crippen LogP contribution in [-0.2, 0) is 0 Å². The first kappa shape index (κ1) is 38.5. The van der Waals surface area contributed by atoms with Crippen molar-refractivity contribution in [2.75, 3.05) is 4.90 Å². The summed E-state index contributed by atoms with van der Waals surface area (Å²) in [4.78, 5) is 2.29. The number of fused-ring (bicyclic) bond motifs is 7. The van der Waals surface area contributed by atoms with Gasteiger partial charge in [-0.1, -0.05) is 182 Å². The first-order chi connectivity index (χ1) is 33.2. The van der Waals surface area contributed by atoms with Crippen molar-refractivity contribution in [1.29, 1.82) is 0 Å². The van der Waals surface area contributed by atoms with E-state index in [2.05, 4.69) is 229 Å². The molecule has 2 heterocycles. The molecular weight excluding hydrogens is 815 g/mol. The maximum atomic E-state index is 6.44. The van der Waals surface area contributed by atoms with Gasteiger partial charge in [-0.3, -0.25) is 0 Å². The number of benzene rings is 11. The molecule has 0 fully saturated rings. The lowest BCUT2D eigenvalue weighted by Crippen LogP contribution is -2.09. The molecule has 13 rings (SSSR count). The van der Waals surface area contributed by atoms with Crippen LogP contribution in [0.1, 0.15) is 0 Å². The molecule has 0 radical (unpaired) electrons. The molecule has 67 heavy (non-hydrogen) atoms. The second-order valence-corrected chi connectivity index (χ2v) is 17.2. The molecule has 314 valence electrons. The van der Waals surface area contributed by atoms with Crippen LogP contribution in [-0.4, -0.2) is 0 Å². The minimum atomic E-state index is 0.843. The minimum Gasteiger partial charge on any atom is -0.456 e. The van der Waals surface area contributed by atoms with Gasteiger partial charge in [0.05, 0.1) is 0 Å². The van der Waals surface area contributed by atoms with Crippen molar-refractivity contribution in [2.45, 2.75) is 0 Å². The molecule has 0 saturated carbocycles. The van der Waals surface area contributed by atoms with Crippen molar-refractivity contribution in [3.63, 3.8) is 0 Å². The third-order valence-electron chi connectivity index (χ3n) is 13.3. The van der Waals surface area contributed by atoms with Crippen LogP contribution < -0.4 is 4.90 Å². The monoisotopic (exact) mass is 855 g/mol. The number of hydrogen-bond donors (Lipinski definition) is 0. The number of rotatable bonds is 8. The molecule has 3 heteroatoms. The Morgan fingerprint density at radius 3 is 1.04 bits per heavy atom. The lowest BCUT2D eigenvalue weighted by molar-refractivity contribution is 0.669. The molecule has 11 aromatic carbocycles. The van der Waals surface area contributed by atoms with Gasteiger partial charge in [-0.15, -0.1) is 0 Å². The summed E-state index contributed by atoms with van der Waals surface area (Å²) in [6, 6.07) is 89.1. The van der Waals surface area contributed by atoms with Crippen molar-refractivity contribution >= 4 is 71.7 Å². The third-order valence-corrected chi connectivity index (χ3v) is 13.3. The quantitative estimate of drug-likeness (QED) is 0.152. The maximum absolute atomic E-state index is 6.44. The van der Waals surface area contributed by atoms with E-state index in [-0.39, 0.29) is 0 Å². The molecule has 0 unspecified atom stereocenters. The highest BCUT2D eigenvalue weighted by atomic mass is 16.3. The Labute approximate surface area is 388 Å². The Kier molecular flexibility index (Phi) is 9.17. The molecule has 0 aliphatic carbocycles. The van der Waals surface area contributed by atoms with Crippen LogP contribution in [0.3, 0.4) is 0 Å². The van der Waals surface area contributed by atoms with E-state index >= 15 is 0 Å². The minimum absolute atomic E-state index is 0.843. The van der Waals surface area contributed by atoms with E-state index in [9.17, 15) is 0 Å². The maximum Gasteiger partial charge on any atom is 0.137 e. The molecule has 13 aromatic rings. The summed E-state index contributed by atoms with van der Waals surface area (Å²) in [6.07, 6.45) is 0. The van der Waals surface area contributed by atoms with E-state index in [1.54, 1.807) is 0 Å². The molecule has 0 saturated heterocycles. The summed E-state index contributed by atoms with van der Waals surface area (Å²) in [5.74, 6) is 0. The van der Waals surface area contributed by atoms with Crippen molar-refractivity contribution in [2.24, 2.45) is 0 Å². The van der Waals surface area contributed by atoms with Crippen LogP contribution >= 0.6 is 0 Å². The Balaban J connectivity index is 1.01. The fourth-order valence-corrected chi connectivity index (χ4v) is 10.2. The molecular formula is C64H41NO2. The van der Waals surface area contributed by atoms with Gasteiger partial charge in [0.15, 0.2) is 0 Å². The summed E-state index contributed by atoms with van der Waals surface area (Å²) in [5.41, 5.74) is 18.3. The highest BCUT2D eigenvalue weighted by molar-refractivity contribution is 6.19. The number of para-hydroxylation sites is 2. The molecule has 0 amide bonds. The predicted octanol–water partition coefficient (Wildman–Crippen LogP) is 18.4. The Morgan fingerprint density at radius 2 is 0.567 bits per heavy atom. The number of hydrogen-bond acceptors (Lipinski definition) is 3. The molecule has 0 aliphatic rings. The van der Waals surface area contributed by atoms with Crippen molar-refractivity contribution in [3.8, 4) is 55.6 Å². The SMILES string of the molecule is c1ccc(-c2c(-c3ccccc3)c(-c3ccccc3)c3cc(-c4ccc(N(c5ccc6c(c5)oc5ccccc56)c5ccc6c(c5)oc5ccccc56)cc4)ccc3c2-c2ccccc2)cc1. The molecule has 2 aromatic heterocycles. The van der Waals surface area contributed by atoms with E-state index in [4.69, 9.17) is 8.83 Å². The topological polar surface area (TPSA) is 29.5 Å². The van der Waals surface area contributed by atoms with Gasteiger partial charge < -0.3 is 13.7 Å². The van der Waals surface area contributed by atoms with Gasteiger partial charge >= 0.3 is 0 Å². The normalized spacial score (nSPS) is 11.6. The van der Waals surface area contributed by atoms with Crippen LogP contribution in [0.15, 0.2) is 258 Å². The Hall–Kier alpha value is -8.92. The standard InChI is InChI=1S/C64H41NO2/c1-5-17-43(18-6-1)61-55-36-31-47(39-56(55)62(44-19-7-2-8-20-44)64(46-23-11-4-12-24-46)63(61)45-21-9-3-10-22-45)42-29-32-48(33-30-42)65(49-34-37-53-51-25-13-15-27-57(51)66-59(53)40-49)50-35-38-54-52-26-14-16-28-58(52)67-60(54)41-50/h1-41H. The van der Waals surface area contributed by atoms with E-state index in [0.29, 0.717) is 0 Å². The van der Waals surface area contributed by atoms with Crippen molar-refractivity contribution < 1.29 is 8.83 Å². The molecule has 0 atom stereocenters. The van der Waals surface area contributed by atoms with Gasteiger partial charge in [0.25, 0.3) is 0 Å². The lowest BCUT2D eigenvalue weighted by Gasteiger charge is -2.26. The van der Waals surface area contributed by atoms with Crippen LogP contribution in [0.2, 0.25) is 0 Å². The van der Waals surface area contributed by atoms with Gasteiger partial charge in [-0.05, 0) is 121 Å². The van der Waals surface area contributed by atoms with Gasteiger partial charge in [0.1, 0.15) is 22.3 Å². The summed E-state index contributed by atoms with van der Waals surface area (Å²) < 4.78 is 12.9. The highest BCUT2D eigenvalue weighted by Gasteiger charge is 2.25. The molecule has 0 aliphatic heterocycles. The van der Waals surface area contributed by atoms with Crippen LogP contribution in [0, 0.1) is 0 Å². The molecule has 0 spiro atoms. The van der Waals surface area contributed by atoms with Crippen molar-refractivity contribution in [3.05, 3.63) is 249 Å². The molecule has 0 N–H and O–H groups in total. The zero-order valence-electron chi connectivity index (χ0n) is 36.4. The lowest BCUT2D eigenvalue weighted by atomic mass is 9.78. The zero-order valence-corrected chi connectivity index (χ0v) is 36.4. The Morgan fingerprint density at radius 1 is 0.209 bits per heavy atom. The fourth-order valence-electron chi connectivity index (χ4n) is 10.2. The number of furan rings is 2. The first-order valence-electron chi connectivity index (χ1n) is 22.8. The summed E-state index contributed by atoms with van der Waals surface area (Å²) in [5, 5.41) is 6.81. The average Bonchev–Trinajstić information content (AvgIpc) is 3.97. The average molecular weight is 856 g/mol. The summed E-state index contributed by atoms with van der Waals surface area (Å²) in [6.45, 7) is 0. The van der Waals surface area contributed by atoms with E-state index in [1.165, 1.54) is 55.3 Å². The second kappa shape index (κ2) is 16.0. The van der Waals surface area contributed by atoms with Gasteiger partial charge in [-0.25, -0.2) is 0 Å². The van der Waals surface area contributed by atoms with E-state index in [0.717, 1.165) is 72.1 Å². The first-order valence-corrected chi connectivity index (χ1v) is 22.8. The number of anilines is 3.